The number of non-ortho nitro benzene ring substituents is 1. The average Bonchev–Trinajstić information content (AvgIpc) is 3.37. The lowest BCUT2D eigenvalue weighted by Crippen LogP contribution is -2.08. The second-order valence-electron chi connectivity index (χ2n) is 6.32. The van der Waals surface area contributed by atoms with Gasteiger partial charge in [-0.3, -0.25) is 19.7 Å². The Morgan fingerprint density at radius 1 is 1.15 bits per heavy atom. The van der Waals surface area contributed by atoms with Crippen molar-refractivity contribution in [2.75, 3.05) is 7.11 Å². The number of ketones is 1. The monoisotopic (exact) mass is 355 g/mol. The van der Waals surface area contributed by atoms with E-state index in [1.54, 1.807) is 31.2 Å². The van der Waals surface area contributed by atoms with Gasteiger partial charge in [0.25, 0.3) is 5.69 Å². The first-order valence-corrected chi connectivity index (χ1v) is 8.01. The van der Waals surface area contributed by atoms with Crippen molar-refractivity contribution in [1.82, 2.24) is 0 Å². The maximum absolute atomic E-state index is 12.8. The first kappa shape index (κ1) is 17.6. The molecule has 3 atom stereocenters. The van der Waals surface area contributed by atoms with Crippen LogP contribution < -0.4 is 4.74 Å². The Labute approximate surface area is 149 Å². The molecule has 0 bridgehead atoms. The van der Waals surface area contributed by atoms with Crippen molar-refractivity contribution in [3.63, 3.8) is 0 Å². The molecular weight excluding hydrogens is 338 g/mol. The molecule has 0 aromatic heterocycles. The summed E-state index contributed by atoms with van der Waals surface area (Å²) in [4.78, 5) is 34.8. The molecule has 7 heteroatoms. The van der Waals surface area contributed by atoms with Crippen LogP contribution in [0.25, 0.3) is 0 Å². The smallest absolute Gasteiger partial charge is 0.307 e. The molecule has 2 aromatic rings. The average molecular weight is 355 g/mol. The molecule has 1 aliphatic rings. The standard InChI is InChI=1S/C19H17NO6/c1-10-8-12(6-7-14(10)26-2)18(21)16-15(17(16)19(22)23)11-4-3-5-13(9-11)20(24)25/h3-9,15-17H,1-2H3,(H,22,23). The van der Waals surface area contributed by atoms with E-state index < -0.39 is 28.6 Å². The summed E-state index contributed by atoms with van der Waals surface area (Å²) in [6.45, 7) is 1.80. The molecular formula is C19H17NO6. The zero-order valence-electron chi connectivity index (χ0n) is 14.2. The summed E-state index contributed by atoms with van der Waals surface area (Å²) in [5.74, 6) is -2.90. The number of nitro groups is 1. The van der Waals surface area contributed by atoms with Crippen LogP contribution in [0.4, 0.5) is 5.69 Å². The Hall–Kier alpha value is -3.22. The van der Waals surface area contributed by atoms with Gasteiger partial charge in [0.15, 0.2) is 5.78 Å². The van der Waals surface area contributed by atoms with E-state index in [0.717, 1.165) is 5.56 Å². The zero-order chi connectivity index (χ0) is 19.0. The summed E-state index contributed by atoms with van der Waals surface area (Å²) in [6, 6.07) is 10.8. The van der Waals surface area contributed by atoms with Crippen LogP contribution in [-0.4, -0.2) is 28.9 Å². The van der Waals surface area contributed by atoms with Gasteiger partial charge in [0, 0.05) is 29.5 Å². The van der Waals surface area contributed by atoms with Gasteiger partial charge in [-0.15, -0.1) is 0 Å². The molecule has 0 heterocycles. The number of carboxylic acid groups (broad SMARTS) is 1. The maximum atomic E-state index is 12.8. The predicted octanol–water partition coefficient (Wildman–Crippen LogP) is 3.21. The summed E-state index contributed by atoms with van der Waals surface area (Å²) in [7, 11) is 1.53. The number of methoxy groups -OCH3 is 1. The molecule has 0 aliphatic heterocycles. The van der Waals surface area contributed by atoms with Crippen LogP contribution in [0.1, 0.15) is 27.4 Å². The number of hydrogen-bond acceptors (Lipinski definition) is 5. The number of rotatable bonds is 6. The molecule has 1 saturated carbocycles. The zero-order valence-corrected chi connectivity index (χ0v) is 14.2. The second kappa shape index (κ2) is 6.59. The number of Topliss-reactive ketones (excluding diaryl/α,β-unsaturated/α-hetero) is 1. The van der Waals surface area contributed by atoms with Gasteiger partial charge in [-0.25, -0.2) is 0 Å². The van der Waals surface area contributed by atoms with E-state index >= 15 is 0 Å². The molecule has 7 nitrogen and oxygen atoms in total. The topological polar surface area (TPSA) is 107 Å². The quantitative estimate of drug-likeness (QED) is 0.484. The largest absolute Gasteiger partial charge is 0.496 e. The highest BCUT2D eigenvalue weighted by atomic mass is 16.6. The van der Waals surface area contributed by atoms with E-state index in [2.05, 4.69) is 0 Å². The summed E-state index contributed by atoms with van der Waals surface area (Å²) < 4.78 is 5.17. The number of nitrogens with zero attached hydrogens (tertiary/aromatic N) is 1. The number of carbonyl (C=O) groups excluding carboxylic acids is 1. The number of aryl methyl sites for hydroxylation is 1. The third-order valence-electron chi connectivity index (χ3n) is 4.75. The molecule has 1 N–H and O–H groups in total. The highest BCUT2D eigenvalue weighted by Gasteiger charge is 2.59. The number of carboxylic acids is 1. The van der Waals surface area contributed by atoms with Gasteiger partial charge in [-0.05, 0) is 36.2 Å². The molecule has 0 spiro atoms. The maximum Gasteiger partial charge on any atom is 0.307 e. The number of hydrogen-bond donors (Lipinski definition) is 1. The van der Waals surface area contributed by atoms with Crippen LogP contribution in [0.15, 0.2) is 42.5 Å². The van der Waals surface area contributed by atoms with E-state index in [9.17, 15) is 24.8 Å². The predicted molar refractivity (Wildman–Crippen MR) is 92.5 cm³/mol. The lowest BCUT2D eigenvalue weighted by molar-refractivity contribution is -0.384. The Morgan fingerprint density at radius 2 is 1.88 bits per heavy atom. The number of ether oxygens (including phenoxy) is 1. The van der Waals surface area contributed by atoms with Crippen molar-refractivity contribution in [2.24, 2.45) is 11.8 Å². The van der Waals surface area contributed by atoms with Crippen LogP contribution in [0.2, 0.25) is 0 Å². The van der Waals surface area contributed by atoms with Crippen LogP contribution >= 0.6 is 0 Å². The number of aliphatic carboxylic acids is 1. The molecule has 3 unspecified atom stereocenters. The van der Waals surface area contributed by atoms with Crippen molar-refractivity contribution in [3.05, 3.63) is 69.3 Å². The van der Waals surface area contributed by atoms with Gasteiger partial charge in [0.1, 0.15) is 5.75 Å². The molecule has 134 valence electrons. The minimum absolute atomic E-state index is 0.120. The van der Waals surface area contributed by atoms with E-state index in [-0.39, 0.29) is 11.5 Å². The number of benzene rings is 2. The van der Waals surface area contributed by atoms with Crippen molar-refractivity contribution in [3.8, 4) is 5.75 Å². The van der Waals surface area contributed by atoms with E-state index in [4.69, 9.17) is 4.74 Å². The summed E-state index contributed by atoms with van der Waals surface area (Å²) in [5, 5.41) is 20.4. The normalized spacial score (nSPS) is 21.1. The Morgan fingerprint density at radius 3 is 2.46 bits per heavy atom. The van der Waals surface area contributed by atoms with Crippen LogP contribution in [0.5, 0.6) is 5.75 Å². The minimum atomic E-state index is -1.08. The lowest BCUT2D eigenvalue weighted by Gasteiger charge is -2.07. The van der Waals surface area contributed by atoms with E-state index in [0.29, 0.717) is 16.9 Å². The third kappa shape index (κ3) is 3.03. The number of nitro benzene ring substituents is 1. The molecule has 2 aromatic carbocycles. The van der Waals surface area contributed by atoms with Crippen molar-refractivity contribution < 1.29 is 24.4 Å². The highest BCUT2D eigenvalue weighted by Crippen LogP contribution is 2.56. The third-order valence-corrected chi connectivity index (χ3v) is 4.75. The SMILES string of the molecule is COc1ccc(C(=O)C2C(C(=O)O)C2c2cccc([N+](=O)[O-])c2)cc1C. The molecule has 0 radical (unpaired) electrons. The minimum Gasteiger partial charge on any atom is -0.496 e. The molecule has 1 fully saturated rings. The highest BCUT2D eigenvalue weighted by molar-refractivity contribution is 6.04. The fraction of sp³-hybridized carbons (Fsp3) is 0.263. The van der Waals surface area contributed by atoms with Crippen molar-refractivity contribution >= 4 is 17.4 Å². The van der Waals surface area contributed by atoms with Crippen LogP contribution in [-0.2, 0) is 4.79 Å². The first-order valence-electron chi connectivity index (χ1n) is 8.01. The van der Waals surface area contributed by atoms with Gasteiger partial charge in [-0.1, -0.05) is 12.1 Å². The van der Waals surface area contributed by atoms with E-state index in [1.807, 2.05) is 0 Å². The van der Waals surface area contributed by atoms with E-state index in [1.165, 1.54) is 25.3 Å². The first-order chi connectivity index (χ1) is 12.3. The molecule has 0 saturated heterocycles. The van der Waals surface area contributed by atoms with Crippen LogP contribution in [0, 0.1) is 28.9 Å². The fourth-order valence-electron chi connectivity index (χ4n) is 3.43. The van der Waals surface area contributed by atoms with Gasteiger partial charge in [0.2, 0.25) is 0 Å². The second-order valence-corrected chi connectivity index (χ2v) is 6.32. The number of carbonyl (C=O) groups is 2. The van der Waals surface area contributed by atoms with Crippen molar-refractivity contribution in [1.29, 1.82) is 0 Å². The summed E-state index contributed by atoms with van der Waals surface area (Å²) >= 11 is 0. The Bertz CT molecular complexity index is 907. The molecule has 0 amide bonds. The Kier molecular flexibility index (Phi) is 4.46. The van der Waals surface area contributed by atoms with Gasteiger partial charge < -0.3 is 9.84 Å². The molecule has 3 rings (SSSR count). The summed E-state index contributed by atoms with van der Waals surface area (Å²) in [6.07, 6.45) is 0. The van der Waals surface area contributed by atoms with Crippen molar-refractivity contribution in [2.45, 2.75) is 12.8 Å². The van der Waals surface area contributed by atoms with Gasteiger partial charge in [-0.2, -0.15) is 0 Å². The Balaban J connectivity index is 1.92. The lowest BCUT2D eigenvalue weighted by atomic mass is 10.0. The van der Waals surface area contributed by atoms with Crippen LogP contribution in [0.3, 0.4) is 0 Å². The molecule has 26 heavy (non-hydrogen) atoms. The van der Waals surface area contributed by atoms with Gasteiger partial charge >= 0.3 is 5.97 Å². The van der Waals surface area contributed by atoms with Gasteiger partial charge in [0.05, 0.1) is 18.0 Å². The fourth-order valence-corrected chi connectivity index (χ4v) is 3.43. The molecule has 1 aliphatic carbocycles. The summed E-state index contributed by atoms with van der Waals surface area (Å²) in [5.41, 5.74) is 1.56.